The van der Waals surface area contributed by atoms with Crippen LogP contribution in [0.15, 0.2) is 18.2 Å². The molecule has 3 rings (SSSR count). The minimum absolute atomic E-state index is 0.608. The van der Waals surface area contributed by atoms with Crippen molar-refractivity contribution < 1.29 is 0 Å². The van der Waals surface area contributed by atoms with Gasteiger partial charge in [-0.15, -0.1) is 0 Å². The molecule has 0 aliphatic carbocycles. The van der Waals surface area contributed by atoms with Crippen LogP contribution < -0.4 is 10.2 Å². The maximum Gasteiger partial charge on any atom is 0.229 e. The average molecular weight is 345 g/mol. The number of piperidine rings is 1. The molecule has 1 aliphatic rings. The van der Waals surface area contributed by atoms with E-state index in [1.807, 2.05) is 26.8 Å². The molecule has 2 aromatic rings. The van der Waals surface area contributed by atoms with Gasteiger partial charge in [-0.1, -0.05) is 24.6 Å². The molecule has 1 saturated heterocycles. The normalized spacial score (nSPS) is 17.9. The summed E-state index contributed by atoms with van der Waals surface area (Å²) in [5.41, 5.74) is 4.09. The van der Waals surface area contributed by atoms with Crippen molar-refractivity contribution in [1.82, 2.24) is 9.97 Å². The van der Waals surface area contributed by atoms with Gasteiger partial charge in [0.2, 0.25) is 5.95 Å². The van der Waals surface area contributed by atoms with Crippen LogP contribution in [0, 0.1) is 26.7 Å². The second-order valence-electron chi connectivity index (χ2n) is 6.95. The number of nitrogens with one attached hydrogen (secondary N) is 1. The van der Waals surface area contributed by atoms with Crippen molar-refractivity contribution >= 4 is 29.1 Å². The van der Waals surface area contributed by atoms with E-state index in [9.17, 15) is 0 Å². The van der Waals surface area contributed by atoms with Gasteiger partial charge in [0.15, 0.2) is 0 Å². The van der Waals surface area contributed by atoms with Crippen LogP contribution in [0.2, 0.25) is 5.02 Å². The second-order valence-corrected chi connectivity index (χ2v) is 7.36. The zero-order valence-electron chi connectivity index (χ0n) is 14.9. The zero-order chi connectivity index (χ0) is 17.3. The number of rotatable bonds is 3. The summed E-state index contributed by atoms with van der Waals surface area (Å²) in [6, 6.07) is 6.13. The van der Waals surface area contributed by atoms with Gasteiger partial charge in [-0.25, -0.2) is 4.98 Å². The minimum Gasteiger partial charge on any atom is -0.356 e. The van der Waals surface area contributed by atoms with Crippen molar-refractivity contribution in [3.05, 3.63) is 40.0 Å². The standard InChI is InChI=1S/C19H25ClN4/c1-12-6-5-7-24(11-12)17-10-15(4)21-19(22-17)23-18-14(3)8-13(2)9-16(18)20/h8-10,12H,5-7,11H2,1-4H3,(H,21,22,23). The molecule has 0 spiro atoms. The lowest BCUT2D eigenvalue weighted by molar-refractivity contribution is 0.444. The van der Waals surface area contributed by atoms with E-state index >= 15 is 0 Å². The molecular formula is C19H25ClN4. The molecule has 1 aromatic carbocycles. The van der Waals surface area contributed by atoms with E-state index in [0.717, 1.165) is 41.4 Å². The van der Waals surface area contributed by atoms with Crippen molar-refractivity contribution in [3.63, 3.8) is 0 Å². The predicted molar refractivity (Wildman–Crippen MR) is 102 cm³/mol. The van der Waals surface area contributed by atoms with Gasteiger partial charge < -0.3 is 10.2 Å². The van der Waals surface area contributed by atoms with Crippen molar-refractivity contribution in [2.75, 3.05) is 23.3 Å². The zero-order valence-corrected chi connectivity index (χ0v) is 15.6. The van der Waals surface area contributed by atoms with Gasteiger partial charge in [-0.05, 0) is 56.7 Å². The van der Waals surface area contributed by atoms with Gasteiger partial charge in [-0.3, -0.25) is 0 Å². The Morgan fingerprint density at radius 3 is 2.67 bits per heavy atom. The van der Waals surface area contributed by atoms with Gasteiger partial charge >= 0.3 is 0 Å². The fourth-order valence-electron chi connectivity index (χ4n) is 3.35. The third-order valence-corrected chi connectivity index (χ3v) is 4.79. The Morgan fingerprint density at radius 2 is 1.96 bits per heavy atom. The summed E-state index contributed by atoms with van der Waals surface area (Å²) in [5, 5.41) is 4.02. The van der Waals surface area contributed by atoms with Crippen LogP contribution in [0.3, 0.4) is 0 Å². The molecule has 128 valence electrons. The number of halogens is 1. The summed E-state index contributed by atoms with van der Waals surface area (Å²) in [6.07, 6.45) is 2.51. The largest absolute Gasteiger partial charge is 0.356 e. The van der Waals surface area contributed by atoms with Crippen molar-refractivity contribution in [2.24, 2.45) is 5.92 Å². The molecule has 2 heterocycles. The van der Waals surface area contributed by atoms with Gasteiger partial charge in [0.05, 0.1) is 10.7 Å². The molecule has 0 radical (unpaired) electrons. The molecule has 1 N–H and O–H groups in total. The first-order valence-corrected chi connectivity index (χ1v) is 8.94. The van der Waals surface area contributed by atoms with E-state index in [1.165, 1.54) is 12.8 Å². The Balaban J connectivity index is 1.89. The number of aryl methyl sites for hydroxylation is 3. The molecule has 0 saturated carbocycles. The van der Waals surface area contributed by atoms with Gasteiger partial charge in [0.25, 0.3) is 0 Å². The Labute approximate surface area is 149 Å². The van der Waals surface area contributed by atoms with Crippen LogP contribution in [-0.4, -0.2) is 23.1 Å². The summed E-state index contributed by atoms with van der Waals surface area (Å²) < 4.78 is 0. The van der Waals surface area contributed by atoms with E-state index in [-0.39, 0.29) is 0 Å². The SMILES string of the molecule is Cc1cc(C)c(Nc2nc(C)cc(N3CCCC(C)C3)n2)c(Cl)c1. The first-order chi connectivity index (χ1) is 11.4. The van der Waals surface area contributed by atoms with Crippen LogP contribution >= 0.6 is 11.6 Å². The monoisotopic (exact) mass is 344 g/mol. The lowest BCUT2D eigenvalue weighted by Gasteiger charge is -2.32. The summed E-state index contributed by atoms with van der Waals surface area (Å²) in [7, 11) is 0. The summed E-state index contributed by atoms with van der Waals surface area (Å²) in [6.45, 7) is 10.5. The summed E-state index contributed by atoms with van der Waals surface area (Å²) in [5.74, 6) is 2.31. The highest BCUT2D eigenvalue weighted by atomic mass is 35.5. The molecule has 0 bridgehead atoms. The van der Waals surface area contributed by atoms with Gasteiger partial charge in [0, 0.05) is 24.8 Å². The second kappa shape index (κ2) is 6.98. The first-order valence-electron chi connectivity index (χ1n) is 8.57. The minimum atomic E-state index is 0.608. The fourth-order valence-corrected chi connectivity index (χ4v) is 3.72. The number of aromatic nitrogens is 2. The molecule has 1 atom stereocenters. The fraction of sp³-hybridized carbons (Fsp3) is 0.474. The van der Waals surface area contributed by atoms with E-state index in [2.05, 4.69) is 34.3 Å². The quantitative estimate of drug-likeness (QED) is 0.847. The highest BCUT2D eigenvalue weighted by Crippen LogP contribution is 2.30. The molecule has 1 unspecified atom stereocenters. The third kappa shape index (κ3) is 3.81. The van der Waals surface area contributed by atoms with Crippen molar-refractivity contribution in [2.45, 2.75) is 40.5 Å². The number of benzene rings is 1. The van der Waals surface area contributed by atoms with E-state index in [1.54, 1.807) is 0 Å². The smallest absolute Gasteiger partial charge is 0.229 e. The van der Waals surface area contributed by atoms with E-state index in [0.29, 0.717) is 16.9 Å². The maximum atomic E-state index is 6.40. The summed E-state index contributed by atoms with van der Waals surface area (Å²) >= 11 is 6.40. The van der Waals surface area contributed by atoms with Gasteiger partial charge in [0.1, 0.15) is 5.82 Å². The maximum absolute atomic E-state index is 6.40. The molecule has 24 heavy (non-hydrogen) atoms. The molecule has 0 amide bonds. The number of anilines is 3. The first kappa shape index (κ1) is 17.0. The number of hydrogen-bond acceptors (Lipinski definition) is 4. The van der Waals surface area contributed by atoms with Crippen LogP contribution in [0.4, 0.5) is 17.5 Å². The molecule has 4 nitrogen and oxygen atoms in total. The molecule has 5 heteroatoms. The predicted octanol–water partition coefficient (Wildman–Crippen LogP) is 5.04. The molecule has 1 fully saturated rings. The van der Waals surface area contributed by atoms with Crippen LogP contribution in [0.1, 0.15) is 36.6 Å². The highest BCUT2D eigenvalue weighted by Gasteiger charge is 2.19. The van der Waals surface area contributed by atoms with Crippen molar-refractivity contribution in [3.8, 4) is 0 Å². The number of nitrogens with zero attached hydrogens (tertiary/aromatic N) is 3. The van der Waals surface area contributed by atoms with Crippen LogP contribution in [0.5, 0.6) is 0 Å². The Morgan fingerprint density at radius 1 is 1.17 bits per heavy atom. The van der Waals surface area contributed by atoms with Gasteiger partial charge in [-0.2, -0.15) is 4.98 Å². The lowest BCUT2D eigenvalue weighted by atomic mass is 10.0. The highest BCUT2D eigenvalue weighted by molar-refractivity contribution is 6.33. The van der Waals surface area contributed by atoms with E-state index < -0.39 is 0 Å². The molecule has 1 aromatic heterocycles. The Kier molecular flexibility index (Phi) is 4.95. The Bertz CT molecular complexity index is 721. The number of hydrogen-bond donors (Lipinski definition) is 1. The van der Waals surface area contributed by atoms with E-state index in [4.69, 9.17) is 16.6 Å². The average Bonchev–Trinajstić information content (AvgIpc) is 2.50. The van der Waals surface area contributed by atoms with Crippen molar-refractivity contribution in [1.29, 1.82) is 0 Å². The van der Waals surface area contributed by atoms with Crippen LogP contribution in [-0.2, 0) is 0 Å². The molecule has 1 aliphatic heterocycles. The lowest BCUT2D eigenvalue weighted by Crippen LogP contribution is -2.35. The Hall–Kier alpha value is -1.81. The molecular weight excluding hydrogens is 320 g/mol. The topological polar surface area (TPSA) is 41.1 Å². The summed E-state index contributed by atoms with van der Waals surface area (Å²) in [4.78, 5) is 11.6. The van der Waals surface area contributed by atoms with Crippen LogP contribution in [0.25, 0.3) is 0 Å². The third-order valence-electron chi connectivity index (χ3n) is 4.49.